The summed E-state index contributed by atoms with van der Waals surface area (Å²) in [5, 5.41) is 0. The molecule has 4 nitrogen and oxygen atoms in total. The molecule has 1 heterocycles. The van der Waals surface area contributed by atoms with Gasteiger partial charge in [-0.15, -0.1) is 17.0 Å². The zero-order valence-corrected chi connectivity index (χ0v) is 15.4. The highest BCUT2D eigenvalue weighted by Gasteiger charge is 2.27. The molecule has 1 aromatic rings. The van der Waals surface area contributed by atoms with Gasteiger partial charge in [0.2, 0.25) is 0 Å². The van der Waals surface area contributed by atoms with E-state index in [1.165, 1.54) is 12.7 Å². The number of likely N-dealkylation sites (tertiary alicyclic amines) is 1. The standard InChI is InChI=1S/C18H26N2O2.BrH/c1-22-18(21)11-7-3-6-10-17-12-16(19)14-20(17)13-15-8-4-2-5-9-15;/h2,4-6,8-10,16-17H,3,7,11-14,19H2,1H3;1H/t16-,17-;/m1./s1. The SMILES string of the molecule is Br.COC(=O)CCCC=C[C@@H]1C[C@@H](N)CN1Cc1ccccc1. The first-order chi connectivity index (χ1) is 10.7. The molecule has 2 rings (SSSR count). The van der Waals surface area contributed by atoms with E-state index in [1.54, 1.807) is 0 Å². The Hall–Kier alpha value is -1.17. The Morgan fingerprint density at radius 1 is 1.39 bits per heavy atom. The molecule has 1 aliphatic heterocycles. The minimum atomic E-state index is -0.137. The van der Waals surface area contributed by atoms with Crippen molar-refractivity contribution in [2.24, 2.45) is 5.73 Å². The van der Waals surface area contributed by atoms with E-state index in [4.69, 9.17) is 5.73 Å². The lowest BCUT2D eigenvalue weighted by atomic mass is 10.1. The molecule has 0 radical (unpaired) electrons. The Morgan fingerprint density at radius 2 is 2.13 bits per heavy atom. The highest BCUT2D eigenvalue weighted by Crippen LogP contribution is 2.21. The third kappa shape index (κ3) is 6.85. The third-order valence-electron chi connectivity index (χ3n) is 4.05. The Labute approximate surface area is 149 Å². The third-order valence-corrected chi connectivity index (χ3v) is 4.05. The Bertz CT molecular complexity index is 493. The van der Waals surface area contributed by atoms with Crippen LogP contribution in [-0.2, 0) is 16.1 Å². The van der Waals surface area contributed by atoms with Gasteiger partial charge >= 0.3 is 5.97 Å². The van der Waals surface area contributed by atoms with Crippen LogP contribution >= 0.6 is 17.0 Å². The van der Waals surface area contributed by atoms with E-state index in [2.05, 4.69) is 46.1 Å². The van der Waals surface area contributed by atoms with E-state index in [0.29, 0.717) is 12.5 Å². The number of nitrogens with zero attached hydrogens (tertiary/aromatic N) is 1. The second kappa shape index (κ2) is 10.6. The highest BCUT2D eigenvalue weighted by molar-refractivity contribution is 8.93. The van der Waals surface area contributed by atoms with E-state index < -0.39 is 0 Å². The van der Waals surface area contributed by atoms with Gasteiger partial charge < -0.3 is 10.5 Å². The summed E-state index contributed by atoms with van der Waals surface area (Å²) in [4.78, 5) is 13.5. The van der Waals surface area contributed by atoms with Gasteiger partial charge in [0.15, 0.2) is 0 Å². The van der Waals surface area contributed by atoms with Crippen LogP contribution in [0.3, 0.4) is 0 Å². The molecule has 0 saturated carbocycles. The molecule has 1 saturated heterocycles. The number of rotatable bonds is 7. The first-order valence-corrected chi connectivity index (χ1v) is 7.96. The van der Waals surface area contributed by atoms with Gasteiger partial charge in [-0.1, -0.05) is 42.5 Å². The topological polar surface area (TPSA) is 55.6 Å². The predicted molar refractivity (Wildman–Crippen MR) is 98.6 cm³/mol. The second-order valence-corrected chi connectivity index (χ2v) is 5.87. The monoisotopic (exact) mass is 382 g/mol. The number of esters is 1. The largest absolute Gasteiger partial charge is 0.469 e. The van der Waals surface area contributed by atoms with Crippen LogP contribution in [0.2, 0.25) is 0 Å². The maximum atomic E-state index is 11.1. The summed E-state index contributed by atoms with van der Waals surface area (Å²) in [7, 11) is 1.43. The summed E-state index contributed by atoms with van der Waals surface area (Å²) < 4.78 is 4.64. The van der Waals surface area contributed by atoms with Crippen molar-refractivity contribution < 1.29 is 9.53 Å². The van der Waals surface area contributed by atoms with Crippen molar-refractivity contribution in [3.05, 3.63) is 48.0 Å². The fourth-order valence-electron chi connectivity index (χ4n) is 2.89. The molecule has 0 bridgehead atoms. The van der Waals surface area contributed by atoms with E-state index >= 15 is 0 Å². The lowest BCUT2D eigenvalue weighted by Crippen LogP contribution is -2.29. The molecular formula is C18H27BrN2O2. The Morgan fingerprint density at radius 3 is 2.83 bits per heavy atom. The molecule has 2 N–H and O–H groups in total. The van der Waals surface area contributed by atoms with Gasteiger partial charge in [0, 0.05) is 31.6 Å². The average Bonchev–Trinajstić information content (AvgIpc) is 2.87. The van der Waals surface area contributed by atoms with Crippen LogP contribution in [0.25, 0.3) is 0 Å². The van der Waals surface area contributed by atoms with Gasteiger partial charge in [0.1, 0.15) is 0 Å². The molecule has 0 spiro atoms. The smallest absolute Gasteiger partial charge is 0.305 e. The van der Waals surface area contributed by atoms with Crippen molar-refractivity contribution >= 4 is 23.0 Å². The van der Waals surface area contributed by atoms with Crippen molar-refractivity contribution in [1.82, 2.24) is 4.90 Å². The van der Waals surface area contributed by atoms with Crippen molar-refractivity contribution in [2.75, 3.05) is 13.7 Å². The van der Waals surface area contributed by atoms with E-state index in [-0.39, 0.29) is 29.0 Å². The minimum absolute atomic E-state index is 0. The number of ether oxygens (including phenoxy) is 1. The summed E-state index contributed by atoms with van der Waals surface area (Å²) in [5.74, 6) is -0.137. The number of nitrogens with two attached hydrogens (primary N) is 1. The minimum Gasteiger partial charge on any atom is -0.469 e. The Kier molecular flexibility index (Phi) is 9.14. The lowest BCUT2D eigenvalue weighted by molar-refractivity contribution is -0.140. The molecule has 5 heteroatoms. The van der Waals surface area contributed by atoms with E-state index in [9.17, 15) is 4.79 Å². The van der Waals surface area contributed by atoms with Crippen LogP contribution in [-0.4, -0.2) is 36.6 Å². The van der Waals surface area contributed by atoms with Crippen molar-refractivity contribution in [3.63, 3.8) is 0 Å². The van der Waals surface area contributed by atoms with Crippen LogP contribution in [0.5, 0.6) is 0 Å². The van der Waals surface area contributed by atoms with Crippen LogP contribution in [0.15, 0.2) is 42.5 Å². The Balaban J connectivity index is 0.00000264. The van der Waals surface area contributed by atoms with Gasteiger partial charge in [0.25, 0.3) is 0 Å². The number of hydrogen-bond donors (Lipinski definition) is 1. The molecule has 0 aliphatic carbocycles. The second-order valence-electron chi connectivity index (χ2n) is 5.87. The molecule has 1 fully saturated rings. The van der Waals surface area contributed by atoms with E-state index in [0.717, 1.165) is 32.4 Å². The summed E-state index contributed by atoms with van der Waals surface area (Å²) >= 11 is 0. The van der Waals surface area contributed by atoms with Gasteiger partial charge in [-0.05, 0) is 24.8 Å². The molecule has 23 heavy (non-hydrogen) atoms. The molecular weight excluding hydrogens is 356 g/mol. The van der Waals surface area contributed by atoms with Crippen LogP contribution in [0.4, 0.5) is 0 Å². The summed E-state index contributed by atoms with van der Waals surface area (Å²) in [5.41, 5.74) is 7.44. The quantitative estimate of drug-likeness (QED) is 0.447. The maximum Gasteiger partial charge on any atom is 0.305 e. The zero-order valence-electron chi connectivity index (χ0n) is 13.7. The molecule has 0 amide bonds. The van der Waals surface area contributed by atoms with Gasteiger partial charge in [-0.3, -0.25) is 9.69 Å². The fourth-order valence-corrected chi connectivity index (χ4v) is 2.89. The average molecular weight is 383 g/mol. The van der Waals surface area contributed by atoms with Gasteiger partial charge in [0.05, 0.1) is 7.11 Å². The number of carbonyl (C=O) groups is 1. The summed E-state index contributed by atoms with van der Waals surface area (Å²) in [6, 6.07) is 11.1. The molecule has 2 atom stereocenters. The molecule has 0 unspecified atom stereocenters. The fraction of sp³-hybridized carbons (Fsp3) is 0.500. The van der Waals surface area contributed by atoms with Crippen LogP contribution < -0.4 is 5.73 Å². The first kappa shape index (κ1) is 19.9. The van der Waals surface area contributed by atoms with Gasteiger partial charge in [-0.2, -0.15) is 0 Å². The van der Waals surface area contributed by atoms with Crippen LogP contribution in [0.1, 0.15) is 31.2 Å². The molecule has 1 aliphatic rings. The summed E-state index contributed by atoms with van der Waals surface area (Å²) in [6.07, 6.45) is 7.64. The van der Waals surface area contributed by atoms with E-state index in [1.807, 2.05) is 6.07 Å². The first-order valence-electron chi connectivity index (χ1n) is 7.96. The number of carbonyl (C=O) groups excluding carboxylic acids is 1. The van der Waals surface area contributed by atoms with Crippen molar-refractivity contribution in [1.29, 1.82) is 0 Å². The van der Waals surface area contributed by atoms with Crippen LogP contribution in [0, 0.1) is 0 Å². The number of allylic oxidation sites excluding steroid dienone is 1. The molecule has 0 aromatic heterocycles. The van der Waals surface area contributed by atoms with Crippen molar-refractivity contribution in [3.8, 4) is 0 Å². The normalized spacial score (nSPS) is 21.3. The number of unbranched alkanes of at least 4 members (excludes halogenated alkanes) is 1. The summed E-state index contributed by atoms with van der Waals surface area (Å²) in [6.45, 7) is 1.87. The molecule has 128 valence electrons. The number of methoxy groups -OCH3 is 1. The highest BCUT2D eigenvalue weighted by atomic mass is 79.9. The zero-order chi connectivity index (χ0) is 15.8. The maximum absolute atomic E-state index is 11.1. The number of benzene rings is 1. The number of hydrogen-bond acceptors (Lipinski definition) is 4. The lowest BCUT2D eigenvalue weighted by Gasteiger charge is -2.21. The van der Waals surface area contributed by atoms with Crippen molar-refractivity contribution in [2.45, 2.75) is 44.3 Å². The van der Waals surface area contributed by atoms with Gasteiger partial charge in [-0.25, -0.2) is 0 Å². The predicted octanol–water partition coefficient (Wildman–Crippen LogP) is 3.07. The molecule has 1 aromatic carbocycles. The number of halogens is 1.